The average molecular weight is 299 g/mol. The summed E-state index contributed by atoms with van der Waals surface area (Å²) in [7, 11) is -1.69. The van der Waals surface area contributed by atoms with E-state index in [-0.39, 0.29) is 18.5 Å². The lowest BCUT2D eigenvalue weighted by atomic mass is 10.2. The molecule has 0 amide bonds. The first-order chi connectivity index (χ1) is 9.58. The molecule has 5 nitrogen and oxygen atoms in total. The van der Waals surface area contributed by atoms with Crippen LogP contribution in [-0.4, -0.2) is 51.4 Å². The van der Waals surface area contributed by atoms with Crippen LogP contribution in [0.25, 0.3) is 0 Å². The maximum atomic E-state index is 12.1. The second-order valence-corrected chi connectivity index (χ2v) is 7.09. The lowest BCUT2D eigenvalue weighted by molar-refractivity contribution is 0.0978. The molecule has 1 aromatic rings. The minimum absolute atomic E-state index is 0.0227. The number of nitrogens with zero attached hydrogens (tertiary/aromatic N) is 1. The highest BCUT2D eigenvalue weighted by Gasteiger charge is 2.24. The maximum Gasteiger partial charge on any atom is 0.217 e. The zero-order valence-electron chi connectivity index (χ0n) is 11.7. The zero-order chi connectivity index (χ0) is 14.4. The van der Waals surface area contributed by atoms with Crippen molar-refractivity contribution in [3.63, 3.8) is 0 Å². The van der Waals surface area contributed by atoms with E-state index >= 15 is 0 Å². The van der Waals surface area contributed by atoms with Gasteiger partial charge in [-0.2, -0.15) is 0 Å². The second-order valence-electron chi connectivity index (χ2n) is 4.89. The standard InChI is InChI=1S/C14H21NO4S/c1-15(12-14-8-5-9-18-14)20(16,17)11-10-19-13-6-3-2-4-7-13/h2-4,6-7,14H,5,8-12H2,1H3/t14-/m0/s1. The van der Waals surface area contributed by atoms with Crippen LogP contribution in [-0.2, 0) is 14.8 Å². The fourth-order valence-electron chi connectivity index (χ4n) is 2.13. The smallest absolute Gasteiger partial charge is 0.217 e. The van der Waals surface area contributed by atoms with Gasteiger partial charge in [0.1, 0.15) is 12.4 Å². The van der Waals surface area contributed by atoms with Gasteiger partial charge in [0, 0.05) is 20.2 Å². The van der Waals surface area contributed by atoms with Gasteiger partial charge in [-0.25, -0.2) is 12.7 Å². The molecule has 1 fully saturated rings. The highest BCUT2D eigenvalue weighted by atomic mass is 32.2. The molecule has 112 valence electrons. The third kappa shape index (κ3) is 4.47. The van der Waals surface area contributed by atoms with E-state index < -0.39 is 10.0 Å². The summed E-state index contributed by atoms with van der Waals surface area (Å²) in [6.45, 7) is 1.31. The number of likely N-dealkylation sites (N-methyl/N-ethyl adjacent to an activating group) is 1. The van der Waals surface area contributed by atoms with Gasteiger partial charge in [-0.1, -0.05) is 18.2 Å². The molecule has 0 saturated carbocycles. The van der Waals surface area contributed by atoms with Crippen molar-refractivity contribution in [2.75, 3.05) is 32.6 Å². The summed E-state index contributed by atoms with van der Waals surface area (Å²) in [5.41, 5.74) is 0. The summed E-state index contributed by atoms with van der Waals surface area (Å²) in [6, 6.07) is 9.21. The summed E-state index contributed by atoms with van der Waals surface area (Å²) in [5.74, 6) is 0.662. The van der Waals surface area contributed by atoms with Gasteiger partial charge in [-0.05, 0) is 25.0 Å². The Morgan fingerprint density at radius 3 is 2.75 bits per heavy atom. The molecule has 1 aromatic carbocycles. The van der Waals surface area contributed by atoms with Gasteiger partial charge in [0.05, 0.1) is 11.9 Å². The molecule has 1 atom stereocenters. The van der Waals surface area contributed by atoms with Crippen LogP contribution in [0.5, 0.6) is 5.75 Å². The van der Waals surface area contributed by atoms with Gasteiger partial charge in [0.25, 0.3) is 0 Å². The zero-order valence-corrected chi connectivity index (χ0v) is 12.5. The molecule has 1 aliphatic heterocycles. The van der Waals surface area contributed by atoms with E-state index in [1.54, 1.807) is 7.05 Å². The van der Waals surface area contributed by atoms with Gasteiger partial charge in [0.2, 0.25) is 10.0 Å². The predicted octanol–water partition coefficient (Wildman–Crippen LogP) is 1.51. The van der Waals surface area contributed by atoms with Crippen LogP contribution in [0, 0.1) is 0 Å². The van der Waals surface area contributed by atoms with Gasteiger partial charge in [-0.15, -0.1) is 0 Å². The number of para-hydroxylation sites is 1. The van der Waals surface area contributed by atoms with Crippen molar-refractivity contribution in [3.05, 3.63) is 30.3 Å². The SMILES string of the molecule is CN(C[C@@H]1CCCO1)S(=O)(=O)CCOc1ccccc1. The lowest BCUT2D eigenvalue weighted by Gasteiger charge is -2.20. The van der Waals surface area contributed by atoms with E-state index in [0.717, 1.165) is 19.4 Å². The summed E-state index contributed by atoms with van der Waals surface area (Å²) < 4.78 is 36.5. The van der Waals surface area contributed by atoms with E-state index in [1.807, 2.05) is 30.3 Å². The molecule has 0 aliphatic carbocycles. The third-order valence-electron chi connectivity index (χ3n) is 3.31. The summed E-state index contributed by atoms with van der Waals surface area (Å²) in [6.07, 6.45) is 1.97. The Morgan fingerprint density at radius 1 is 1.35 bits per heavy atom. The number of hydrogen-bond acceptors (Lipinski definition) is 4. The van der Waals surface area contributed by atoms with Gasteiger partial charge >= 0.3 is 0 Å². The normalized spacial score (nSPS) is 19.4. The number of rotatable bonds is 7. The van der Waals surface area contributed by atoms with Gasteiger partial charge in [-0.3, -0.25) is 0 Å². The van der Waals surface area contributed by atoms with Crippen molar-refractivity contribution < 1.29 is 17.9 Å². The first kappa shape index (κ1) is 15.3. The average Bonchev–Trinajstić information content (AvgIpc) is 2.92. The monoisotopic (exact) mass is 299 g/mol. The van der Waals surface area contributed by atoms with Crippen LogP contribution in [0.4, 0.5) is 0 Å². The highest BCUT2D eigenvalue weighted by Crippen LogP contribution is 2.14. The topological polar surface area (TPSA) is 55.8 Å². The summed E-state index contributed by atoms with van der Waals surface area (Å²) in [5, 5.41) is 0. The Hall–Kier alpha value is -1.11. The Balaban J connectivity index is 1.77. The number of ether oxygens (including phenoxy) is 2. The third-order valence-corrected chi connectivity index (χ3v) is 5.09. The van der Waals surface area contributed by atoms with Crippen LogP contribution < -0.4 is 4.74 Å². The quantitative estimate of drug-likeness (QED) is 0.766. The summed E-state index contributed by atoms with van der Waals surface area (Å²) >= 11 is 0. The van der Waals surface area contributed by atoms with Crippen LogP contribution in [0.1, 0.15) is 12.8 Å². The highest BCUT2D eigenvalue weighted by molar-refractivity contribution is 7.89. The molecule has 1 aliphatic rings. The molecule has 6 heteroatoms. The second kappa shape index (κ2) is 7.06. The van der Waals surface area contributed by atoms with Crippen molar-refractivity contribution in [2.45, 2.75) is 18.9 Å². The number of hydrogen-bond donors (Lipinski definition) is 0. The number of benzene rings is 1. The molecule has 0 bridgehead atoms. The number of sulfonamides is 1. The first-order valence-electron chi connectivity index (χ1n) is 6.81. The van der Waals surface area contributed by atoms with Crippen LogP contribution in [0.3, 0.4) is 0 Å². The molecule has 20 heavy (non-hydrogen) atoms. The molecule has 1 heterocycles. The van der Waals surface area contributed by atoms with E-state index in [0.29, 0.717) is 12.3 Å². The molecule has 0 spiro atoms. The fraction of sp³-hybridized carbons (Fsp3) is 0.571. The van der Waals surface area contributed by atoms with Gasteiger partial charge < -0.3 is 9.47 Å². The maximum absolute atomic E-state index is 12.1. The van der Waals surface area contributed by atoms with Gasteiger partial charge in [0.15, 0.2) is 0 Å². The van der Waals surface area contributed by atoms with Crippen LogP contribution in [0.15, 0.2) is 30.3 Å². The minimum Gasteiger partial charge on any atom is -0.492 e. The van der Waals surface area contributed by atoms with Crippen LogP contribution in [0.2, 0.25) is 0 Å². The minimum atomic E-state index is -3.29. The predicted molar refractivity (Wildman–Crippen MR) is 77.3 cm³/mol. The van der Waals surface area contributed by atoms with Crippen molar-refractivity contribution in [1.82, 2.24) is 4.31 Å². The van der Waals surface area contributed by atoms with Crippen molar-refractivity contribution >= 4 is 10.0 Å². The Kier molecular flexibility index (Phi) is 5.39. The molecular weight excluding hydrogens is 278 g/mol. The molecular formula is C14H21NO4S. The van der Waals surface area contributed by atoms with Crippen LogP contribution >= 0.6 is 0 Å². The largest absolute Gasteiger partial charge is 0.492 e. The van der Waals surface area contributed by atoms with E-state index in [2.05, 4.69) is 0 Å². The van der Waals surface area contributed by atoms with Crippen molar-refractivity contribution in [3.8, 4) is 5.75 Å². The molecule has 2 rings (SSSR count). The lowest BCUT2D eigenvalue weighted by Crippen LogP contribution is -2.36. The Labute approximate surface area is 120 Å². The molecule has 0 unspecified atom stereocenters. The Bertz CT molecular complexity index is 497. The van der Waals surface area contributed by atoms with Crippen molar-refractivity contribution in [1.29, 1.82) is 0 Å². The Morgan fingerprint density at radius 2 is 2.10 bits per heavy atom. The molecule has 0 N–H and O–H groups in total. The van der Waals surface area contributed by atoms with E-state index in [1.165, 1.54) is 4.31 Å². The van der Waals surface area contributed by atoms with Crippen molar-refractivity contribution in [2.24, 2.45) is 0 Å². The fourth-order valence-corrected chi connectivity index (χ4v) is 3.13. The first-order valence-corrected chi connectivity index (χ1v) is 8.42. The molecule has 0 radical (unpaired) electrons. The summed E-state index contributed by atoms with van der Waals surface area (Å²) in [4.78, 5) is 0. The van der Waals surface area contributed by atoms with E-state index in [9.17, 15) is 8.42 Å². The molecule has 0 aromatic heterocycles. The molecule has 1 saturated heterocycles. The van der Waals surface area contributed by atoms with E-state index in [4.69, 9.17) is 9.47 Å².